The number of benzene rings is 1. The number of sulfonamides is 1. The van der Waals surface area contributed by atoms with Gasteiger partial charge in [0.1, 0.15) is 5.75 Å². The van der Waals surface area contributed by atoms with E-state index < -0.39 is 10.0 Å². The molecule has 0 unspecified atom stereocenters. The van der Waals surface area contributed by atoms with Gasteiger partial charge in [-0.1, -0.05) is 6.07 Å². The Morgan fingerprint density at radius 3 is 2.92 bits per heavy atom. The van der Waals surface area contributed by atoms with Crippen molar-refractivity contribution in [2.24, 2.45) is 11.8 Å². The minimum atomic E-state index is -3.22. The number of nitrogens with zero attached hydrogens (tertiary/aromatic N) is 1. The maximum absolute atomic E-state index is 12.8. The standard InChI is InChI=1S/C17H24N2O5S/c1-3-23-14-6-4-5-12(7-14)17(20)19-9-15-13(8-18-25(2,21)22)11-24-16(15)10-19/h4-7,13,15-16,18H,3,8-11H2,1-2H3/t13-,15+,16+/m1/s1. The SMILES string of the molecule is CCOc1cccc(C(=O)N2C[C@H]3[C@H](CNS(C)(=O)=O)CO[C@H]3C2)c1. The van der Waals surface area contributed by atoms with Crippen molar-refractivity contribution >= 4 is 15.9 Å². The third-order valence-corrected chi connectivity index (χ3v) is 5.42. The quantitative estimate of drug-likeness (QED) is 0.800. The Morgan fingerprint density at radius 1 is 1.40 bits per heavy atom. The molecule has 1 aromatic rings. The van der Waals surface area contributed by atoms with E-state index in [2.05, 4.69) is 4.72 Å². The monoisotopic (exact) mass is 368 g/mol. The predicted molar refractivity (Wildman–Crippen MR) is 93.1 cm³/mol. The van der Waals surface area contributed by atoms with Gasteiger partial charge in [0.2, 0.25) is 10.0 Å². The molecule has 3 rings (SSSR count). The van der Waals surface area contributed by atoms with Crippen molar-refractivity contribution in [1.82, 2.24) is 9.62 Å². The van der Waals surface area contributed by atoms with Gasteiger partial charge in [-0.3, -0.25) is 4.79 Å². The second-order valence-electron chi connectivity index (χ2n) is 6.59. The van der Waals surface area contributed by atoms with Crippen molar-refractivity contribution in [3.8, 4) is 5.75 Å². The fraction of sp³-hybridized carbons (Fsp3) is 0.588. The summed E-state index contributed by atoms with van der Waals surface area (Å²) in [6, 6.07) is 7.17. The maximum atomic E-state index is 12.8. The molecule has 2 aliphatic heterocycles. The highest BCUT2D eigenvalue weighted by atomic mass is 32.2. The van der Waals surface area contributed by atoms with Gasteiger partial charge in [0.15, 0.2) is 0 Å². The molecule has 0 spiro atoms. The van der Waals surface area contributed by atoms with Crippen LogP contribution in [-0.2, 0) is 14.8 Å². The second kappa shape index (κ2) is 7.31. The summed E-state index contributed by atoms with van der Waals surface area (Å²) in [5.74, 6) is 0.883. The number of hydrogen-bond donors (Lipinski definition) is 1. The fourth-order valence-corrected chi connectivity index (χ4v) is 4.02. The molecule has 0 bridgehead atoms. The van der Waals surface area contributed by atoms with Crippen LogP contribution < -0.4 is 9.46 Å². The summed E-state index contributed by atoms with van der Waals surface area (Å²) in [4.78, 5) is 14.5. The zero-order chi connectivity index (χ0) is 18.0. The molecule has 0 radical (unpaired) electrons. The topological polar surface area (TPSA) is 84.9 Å². The van der Waals surface area contributed by atoms with Gasteiger partial charge in [0.05, 0.1) is 25.6 Å². The first-order valence-corrected chi connectivity index (χ1v) is 10.3. The van der Waals surface area contributed by atoms with Crippen LogP contribution in [0.4, 0.5) is 0 Å². The van der Waals surface area contributed by atoms with Crippen molar-refractivity contribution in [2.45, 2.75) is 13.0 Å². The number of fused-ring (bicyclic) bond motifs is 1. The van der Waals surface area contributed by atoms with Gasteiger partial charge in [0.25, 0.3) is 5.91 Å². The van der Waals surface area contributed by atoms with Crippen LogP contribution in [0.25, 0.3) is 0 Å². The summed E-state index contributed by atoms with van der Waals surface area (Å²) in [7, 11) is -3.22. The molecule has 2 fully saturated rings. The third-order valence-electron chi connectivity index (χ3n) is 4.73. The van der Waals surface area contributed by atoms with Gasteiger partial charge in [-0.15, -0.1) is 0 Å². The first kappa shape index (κ1) is 18.2. The summed E-state index contributed by atoms with van der Waals surface area (Å²) in [5.41, 5.74) is 0.594. The summed E-state index contributed by atoms with van der Waals surface area (Å²) >= 11 is 0. The van der Waals surface area contributed by atoms with E-state index in [1.165, 1.54) is 0 Å². The average molecular weight is 368 g/mol. The van der Waals surface area contributed by atoms with Crippen LogP contribution in [0.2, 0.25) is 0 Å². The van der Waals surface area contributed by atoms with E-state index in [9.17, 15) is 13.2 Å². The van der Waals surface area contributed by atoms with Gasteiger partial charge >= 0.3 is 0 Å². The Balaban J connectivity index is 1.64. The Bertz CT molecular complexity index is 736. The Hall–Kier alpha value is -1.64. The van der Waals surface area contributed by atoms with Crippen molar-refractivity contribution < 1.29 is 22.7 Å². The van der Waals surface area contributed by atoms with Gasteiger partial charge in [-0.05, 0) is 25.1 Å². The molecule has 1 amide bonds. The number of carbonyl (C=O) groups is 1. The van der Waals surface area contributed by atoms with Crippen molar-refractivity contribution in [3.05, 3.63) is 29.8 Å². The van der Waals surface area contributed by atoms with Gasteiger partial charge in [-0.25, -0.2) is 13.1 Å². The molecule has 138 valence electrons. The number of amides is 1. The summed E-state index contributed by atoms with van der Waals surface area (Å²) in [6.07, 6.45) is 1.13. The Kier molecular flexibility index (Phi) is 5.31. The van der Waals surface area contributed by atoms with Crippen LogP contribution in [0.3, 0.4) is 0 Å². The normalized spacial score (nSPS) is 25.8. The molecule has 0 aromatic heterocycles. The van der Waals surface area contributed by atoms with Crippen molar-refractivity contribution in [3.63, 3.8) is 0 Å². The molecule has 3 atom stereocenters. The zero-order valence-electron chi connectivity index (χ0n) is 14.5. The molecule has 0 aliphatic carbocycles. The van der Waals surface area contributed by atoms with Crippen LogP contribution in [-0.4, -0.2) is 64.4 Å². The minimum Gasteiger partial charge on any atom is -0.494 e. The van der Waals surface area contributed by atoms with E-state index in [1.54, 1.807) is 17.0 Å². The number of carbonyl (C=O) groups excluding carboxylic acids is 1. The number of hydrogen-bond acceptors (Lipinski definition) is 5. The second-order valence-corrected chi connectivity index (χ2v) is 8.42. The molecule has 2 heterocycles. The van der Waals surface area contributed by atoms with E-state index in [-0.39, 0.29) is 23.8 Å². The molecule has 1 aromatic carbocycles. The van der Waals surface area contributed by atoms with Crippen molar-refractivity contribution in [1.29, 1.82) is 0 Å². The minimum absolute atomic E-state index is 0.0228. The van der Waals surface area contributed by atoms with Crippen LogP contribution >= 0.6 is 0 Å². The largest absolute Gasteiger partial charge is 0.494 e. The lowest BCUT2D eigenvalue weighted by molar-refractivity contribution is 0.0678. The molecule has 2 aliphatic rings. The number of likely N-dealkylation sites (tertiary alicyclic amines) is 1. The lowest BCUT2D eigenvalue weighted by Crippen LogP contribution is -2.35. The third kappa shape index (κ3) is 4.31. The van der Waals surface area contributed by atoms with E-state index in [0.29, 0.717) is 44.2 Å². The Labute approximate surface area is 148 Å². The first-order chi connectivity index (χ1) is 11.9. The number of nitrogens with one attached hydrogen (secondary N) is 1. The van der Waals surface area contributed by atoms with Crippen molar-refractivity contribution in [2.75, 3.05) is 39.1 Å². The highest BCUT2D eigenvalue weighted by Gasteiger charge is 2.45. The lowest BCUT2D eigenvalue weighted by Gasteiger charge is -2.20. The zero-order valence-corrected chi connectivity index (χ0v) is 15.3. The average Bonchev–Trinajstić information content (AvgIpc) is 3.13. The fourth-order valence-electron chi connectivity index (χ4n) is 3.50. The van der Waals surface area contributed by atoms with Gasteiger partial charge < -0.3 is 14.4 Å². The van der Waals surface area contributed by atoms with Gasteiger partial charge in [-0.2, -0.15) is 0 Å². The van der Waals surface area contributed by atoms with E-state index in [1.807, 2.05) is 19.1 Å². The highest BCUT2D eigenvalue weighted by molar-refractivity contribution is 7.88. The molecule has 2 saturated heterocycles. The molecule has 7 nitrogen and oxygen atoms in total. The summed E-state index contributed by atoms with van der Waals surface area (Å²) in [5, 5.41) is 0. The summed E-state index contributed by atoms with van der Waals surface area (Å²) in [6.45, 7) is 4.45. The first-order valence-electron chi connectivity index (χ1n) is 8.45. The summed E-state index contributed by atoms with van der Waals surface area (Å²) < 4.78 is 36.4. The predicted octanol–water partition coefficient (Wildman–Crippen LogP) is 0.722. The highest BCUT2D eigenvalue weighted by Crippen LogP contribution is 2.34. The Morgan fingerprint density at radius 2 is 2.20 bits per heavy atom. The van der Waals surface area contributed by atoms with Crippen LogP contribution in [0.15, 0.2) is 24.3 Å². The van der Waals surface area contributed by atoms with E-state index in [0.717, 1.165) is 6.26 Å². The molecular weight excluding hydrogens is 344 g/mol. The molecule has 0 saturated carbocycles. The number of ether oxygens (including phenoxy) is 2. The molecule has 1 N–H and O–H groups in total. The molecule has 25 heavy (non-hydrogen) atoms. The van der Waals surface area contributed by atoms with Gasteiger partial charge in [0, 0.05) is 37.0 Å². The lowest BCUT2D eigenvalue weighted by atomic mass is 9.93. The van der Waals surface area contributed by atoms with E-state index in [4.69, 9.17) is 9.47 Å². The van der Waals surface area contributed by atoms with Crippen LogP contribution in [0, 0.1) is 11.8 Å². The number of rotatable bonds is 6. The smallest absolute Gasteiger partial charge is 0.254 e. The molecular formula is C17H24N2O5S. The van der Waals surface area contributed by atoms with E-state index >= 15 is 0 Å². The van der Waals surface area contributed by atoms with Crippen LogP contribution in [0.5, 0.6) is 5.75 Å². The maximum Gasteiger partial charge on any atom is 0.254 e. The molecule has 8 heteroatoms. The van der Waals surface area contributed by atoms with Crippen LogP contribution in [0.1, 0.15) is 17.3 Å².